The maximum absolute atomic E-state index is 13.2. The maximum atomic E-state index is 13.2. The van der Waals surface area contributed by atoms with Gasteiger partial charge < -0.3 is 15.1 Å². The van der Waals surface area contributed by atoms with Gasteiger partial charge in [-0.15, -0.1) is 0 Å². The van der Waals surface area contributed by atoms with Gasteiger partial charge in [-0.25, -0.2) is 4.39 Å². The van der Waals surface area contributed by atoms with E-state index in [2.05, 4.69) is 29.2 Å². The number of halogens is 1. The number of nitrogens with one attached hydrogen (secondary N) is 1. The predicted octanol–water partition coefficient (Wildman–Crippen LogP) is 1.00. The van der Waals surface area contributed by atoms with Gasteiger partial charge in [0.1, 0.15) is 5.82 Å². The number of carbonyl (C=O) groups is 2. The number of anilines is 1. The SMILES string of the molecule is CN1CCN(C)C2(CCN(C(=O)C(=O)Nc3cccc(F)c3)CC2)C1. The molecule has 0 aromatic heterocycles. The Morgan fingerprint density at radius 1 is 1.12 bits per heavy atom. The molecule has 0 radical (unpaired) electrons. The summed E-state index contributed by atoms with van der Waals surface area (Å²) in [4.78, 5) is 30.9. The van der Waals surface area contributed by atoms with E-state index in [0.717, 1.165) is 32.5 Å². The first-order chi connectivity index (χ1) is 11.9. The number of likely N-dealkylation sites (N-methyl/N-ethyl adjacent to an activating group) is 2. The Morgan fingerprint density at radius 3 is 2.52 bits per heavy atom. The van der Waals surface area contributed by atoms with E-state index in [1.165, 1.54) is 18.2 Å². The molecule has 0 aliphatic carbocycles. The van der Waals surface area contributed by atoms with Gasteiger partial charge in [0.2, 0.25) is 0 Å². The second-order valence-electron chi connectivity index (χ2n) is 7.14. The second-order valence-corrected chi connectivity index (χ2v) is 7.14. The highest BCUT2D eigenvalue weighted by atomic mass is 19.1. The molecule has 3 rings (SSSR count). The number of amides is 2. The first-order valence-corrected chi connectivity index (χ1v) is 8.65. The van der Waals surface area contributed by atoms with Crippen molar-refractivity contribution < 1.29 is 14.0 Å². The summed E-state index contributed by atoms with van der Waals surface area (Å²) < 4.78 is 13.2. The monoisotopic (exact) mass is 348 g/mol. The fourth-order valence-electron chi connectivity index (χ4n) is 3.82. The zero-order chi connectivity index (χ0) is 18.0. The van der Waals surface area contributed by atoms with Crippen molar-refractivity contribution in [3.8, 4) is 0 Å². The molecule has 2 fully saturated rings. The molecular formula is C18H25FN4O2. The zero-order valence-electron chi connectivity index (χ0n) is 14.8. The lowest BCUT2D eigenvalue weighted by atomic mass is 9.84. The molecule has 2 aliphatic heterocycles. The molecule has 2 heterocycles. The Labute approximate surface area is 147 Å². The summed E-state index contributed by atoms with van der Waals surface area (Å²) in [5.74, 6) is -1.71. The van der Waals surface area contributed by atoms with E-state index in [9.17, 15) is 14.0 Å². The van der Waals surface area contributed by atoms with Crippen LogP contribution in [0.1, 0.15) is 12.8 Å². The molecule has 2 aliphatic rings. The first-order valence-electron chi connectivity index (χ1n) is 8.65. The Kier molecular flexibility index (Phi) is 5.06. The largest absolute Gasteiger partial charge is 0.334 e. The quantitative estimate of drug-likeness (QED) is 0.770. The number of piperazine rings is 1. The van der Waals surface area contributed by atoms with Gasteiger partial charge in [-0.05, 0) is 45.1 Å². The van der Waals surface area contributed by atoms with Crippen LogP contribution in [-0.2, 0) is 9.59 Å². The van der Waals surface area contributed by atoms with Gasteiger partial charge in [-0.3, -0.25) is 14.5 Å². The summed E-state index contributed by atoms with van der Waals surface area (Å²) in [6.45, 7) is 4.18. The normalized spacial score (nSPS) is 21.3. The summed E-state index contributed by atoms with van der Waals surface area (Å²) >= 11 is 0. The van der Waals surface area contributed by atoms with Gasteiger partial charge in [0.25, 0.3) is 0 Å². The molecule has 2 amide bonds. The van der Waals surface area contributed by atoms with Gasteiger partial charge in [0.15, 0.2) is 0 Å². The van der Waals surface area contributed by atoms with Gasteiger partial charge in [0.05, 0.1) is 0 Å². The standard InChI is InChI=1S/C18H25FN4O2/c1-21-10-11-22(2)18(13-21)6-8-23(9-7-18)17(25)16(24)20-15-5-3-4-14(19)12-15/h3-5,12H,6-11,13H2,1-2H3,(H,20,24). The van der Waals surface area contributed by atoms with E-state index >= 15 is 0 Å². The molecule has 136 valence electrons. The molecule has 0 bridgehead atoms. The Bertz CT molecular complexity index is 658. The van der Waals surface area contributed by atoms with Crippen molar-refractivity contribution in [2.24, 2.45) is 0 Å². The number of rotatable bonds is 1. The topological polar surface area (TPSA) is 55.9 Å². The smallest absolute Gasteiger partial charge is 0.313 e. The van der Waals surface area contributed by atoms with Crippen LogP contribution < -0.4 is 5.32 Å². The van der Waals surface area contributed by atoms with Crippen LogP contribution in [0.15, 0.2) is 24.3 Å². The molecule has 1 N–H and O–H groups in total. The maximum Gasteiger partial charge on any atom is 0.313 e. The molecule has 0 unspecified atom stereocenters. The lowest BCUT2D eigenvalue weighted by molar-refractivity contribution is -0.145. The molecule has 6 nitrogen and oxygen atoms in total. The summed E-state index contributed by atoms with van der Waals surface area (Å²) in [5.41, 5.74) is 0.378. The highest BCUT2D eigenvalue weighted by molar-refractivity contribution is 6.39. The number of likely N-dealkylation sites (tertiary alicyclic amines) is 1. The summed E-state index contributed by atoms with van der Waals surface area (Å²) in [7, 11) is 4.26. The average molecular weight is 348 g/mol. The number of hydrogen-bond acceptors (Lipinski definition) is 4. The van der Waals surface area contributed by atoms with Crippen molar-refractivity contribution in [2.75, 3.05) is 52.1 Å². The van der Waals surface area contributed by atoms with E-state index in [1.54, 1.807) is 11.0 Å². The molecule has 0 atom stereocenters. The fraction of sp³-hybridized carbons (Fsp3) is 0.556. The van der Waals surface area contributed by atoms with Crippen LogP contribution in [0.25, 0.3) is 0 Å². The molecule has 25 heavy (non-hydrogen) atoms. The van der Waals surface area contributed by atoms with Crippen LogP contribution >= 0.6 is 0 Å². The highest BCUT2D eigenvalue weighted by Crippen LogP contribution is 2.31. The Hall–Kier alpha value is -1.99. The third-order valence-corrected chi connectivity index (χ3v) is 5.45. The van der Waals surface area contributed by atoms with Gasteiger partial charge >= 0.3 is 11.8 Å². The lowest BCUT2D eigenvalue weighted by Crippen LogP contribution is -2.64. The van der Waals surface area contributed by atoms with Crippen LogP contribution in [0.3, 0.4) is 0 Å². The van der Waals surface area contributed by atoms with E-state index in [0.29, 0.717) is 18.8 Å². The molecule has 0 saturated carbocycles. The Balaban J connectivity index is 1.58. The van der Waals surface area contributed by atoms with Crippen molar-refractivity contribution in [3.63, 3.8) is 0 Å². The minimum absolute atomic E-state index is 0.0861. The first kappa shape index (κ1) is 17.8. The van der Waals surface area contributed by atoms with Crippen molar-refractivity contribution in [1.29, 1.82) is 0 Å². The number of hydrogen-bond donors (Lipinski definition) is 1. The fourth-order valence-corrected chi connectivity index (χ4v) is 3.82. The van der Waals surface area contributed by atoms with Crippen LogP contribution in [0, 0.1) is 5.82 Å². The van der Waals surface area contributed by atoms with E-state index in [1.807, 2.05) is 0 Å². The summed E-state index contributed by atoms with van der Waals surface area (Å²) in [5, 5.41) is 2.48. The third-order valence-electron chi connectivity index (χ3n) is 5.45. The van der Waals surface area contributed by atoms with E-state index in [4.69, 9.17) is 0 Å². The van der Waals surface area contributed by atoms with Crippen LogP contribution in [-0.4, -0.2) is 78.9 Å². The van der Waals surface area contributed by atoms with Crippen LogP contribution in [0.2, 0.25) is 0 Å². The molecule has 1 aromatic carbocycles. The summed E-state index contributed by atoms with van der Waals surface area (Å²) in [6.07, 6.45) is 1.71. The van der Waals surface area contributed by atoms with Crippen molar-refractivity contribution in [1.82, 2.24) is 14.7 Å². The molecular weight excluding hydrogens is 323 g/mol. The molecule has 7 heteroatoms. The minimum atomic E-state index is -0.712. The Morgan fingerprint density at radius 2 is 1.84 bits per heavy atom. The van der Waals surface area contributed by atoms with Gasteiger partial charge in [-0.2, -0.15) is 0 Å². The summed E-state index contributed by atoms with van der Waals surface area (Å²) in [6, 6.07) is 5.55. The van der Waals surface area contributed by atoms with Crippen molar-refractivity contribution >= 4 is 17.5 Å². The lowest BCUT2D eigenvalue weighted by Gasteiger charge is -2.52. The van der Waals surface area contributed by atoms with E-state index < -0.39 is 17.6 Å². The highest BCUT2D eigenvalue weighted by Gasteiger charge is 2.42. The third kappa shape index (κ3) is 3.82. The molecule has 1 aromatic rings. The second kappa shape index (κ2) is 7.09. The zero-order valence-corrected chi connectivity index (χ0v) is 14.8. The van der Waals surface area contributed by atoms with Crippen molar-refractivity contribution in [3.05, 3.63) is 30.1 Å². The molecule has 2 saturated heterocycles. The number of carbonyl (C=O) groups excluding carboxylic acids is 2. The number of nitrogens with zero attached hydrogens (tertiary/aromatic N) is 3. The van der Waals surface area contributed by atoms with Gasteiger partial charge in [0, 0.05) is 44.0 Å². The molecule has 1 spiro atoms. The van der Waals surface area contributed by atoms with Crippen LogP contribution in [0.5, 0.6) is 0 Å². The average Bonchev–Trinajstić information content (AvgIpc) is 2.58. The minimum Gasteiger partial charge on any atom is -0.334 e. The van der Waals surface area contributed by atoms with Crippen molar-refractivity contribution in [2.45, 2.75) is 18.4 Å². The van der Waals surface area contributed by atoms with Crippen LogP contribution in [0.4, 0.5) is 10.1 Å². The van der Waals surface area contributed by atoms with Gasteiger partial charge in [-0.1, -0.05) is 6.07 Å². The number of benzene rings is 1. The number of piperidine rings is 1. The van der Waals surface area contributed by atoms with E-state index in [-0.39, 0.29) is 5.54 Å². The predicted molar refractivity (Wildman–Crippen MR) is 93.7 cm³/mol.